The van der Waals surface area contributed by atoms with Gasteiger partial charge in [0.25, 0.3) is 0 Å². The van der Waals surface area contributed by atoms with Gasteiger partial charge in [-0.05, 0) is 40.2 Å². The van der Waals surface area contributed by atoms with Crippen LogP contribution in [0, 0.1) is 0 Å². The van der Waals surface area contributed by atoms with Crippen molar-refractivity contribution in [3.63, 3.8) is 0 Å². The monoisotopic (exact) mass is 293 g/mol. The van der Waals surface area contributed by atoms with Gasteiger partial charge in [0.05, 0.1) is 5.54 Å². The summed E-state index contributed by atoms with van der Waals surface area (Å²) in [5.41, 5.74) is -0.993. The summed E-state index contributed by atoms with van der Waals surface area (Å²) >= 11 is 0. The molecule has 1 amide bonds. The molecular weight excluding hydrogens is 270 g/mol. The zero-order valence-corrected chi connectivity index (χ0v) is 13.1. The van der Waals surface area contributed by atoms with E-state index < -0.39 is 29.1 Å². The van der Waals surface area contributed by atoms with Gasteiger partial charge in [-0.15, -0.1) is 0 Å². The van der Waals surface area contributed by atoms with E-state index in [1.807, 2.05) is 6.07 Å². The number of carbonyl (C=O) groups excluding carboxylic acids is 1. The number of aliphatic carboxylic acids is 1. The zero-order valence-electron chi connectivity index (χ0n) is 13.1. The van der Waals surface area contributed by atoms with Gasteiger partial charge in [0, 0.05) is 0 Å². The summed E-state index contributed by atoms with van der Waals surface area (Å²) in [6.45, 7) is 8.60. The summed E-state index contributed by atoms with van der Waals surface area (Å²) in [6.07, 6.45) is -0.630. The van der Waals surface area contributed by atoms with Crippen LogP contribution >= 0.6 is 0 Å². The first-order valence-corrected chi connectivity index (χ1v) is 6.82. The highest BCUT2D eigenvalue weighted by Gasteiger charge is 2.38. The molecule has 0 fully saturated rings. The van der Waals surface area contributed by atoms with Crippen LogP contribution in [0.1, 0.15) is 46.1 Å². The molecule has 5 nitrogen and oxygen atoms in total. The van der Waals surface area contributed by atoms with Crippen LogP contribution in [0.4, 0.5) is 4.79 Å². The molecule has 0 aromatic heterocycles. The van der Waals surface area contributed by atoms with Crippen LogP contribution in [-0.4, -0.2) is 28.3 Å². The van der Waals surface area contributed by atoms with Gasteiger partial charge in [0.15, 0.2) is 0 Å². The topological polar surface area (TPSA) is 75.6 Å². The molecule has 0 heterocycles. The summed E-state index contributed by atoms with van der Waals surface area (Å²) in [7, 11) is 0. The van der Waals surface area contributed by atoms with Gasteiger partial charge in [-0.1, -0.05) is 30.3 Å². The van der Waals surface area contributed by atoms with E-state index in [0.717, 1.165) is 0 Å². The molecule has 0 bridgehead atoms. The molecule has 0 radical (unpaired) electrons. The summed E-state index contributed by atoms with van der Waals surface area (Å²) in [5, 5.41) is 12.2. The van der Waals surface area contributed by atoms with Crippen LogP contribution in [0.3, 0.4) is 0 Å². The molecule has 0 saturated carbocycles. The Morgan fingerprint density at radius 1 is 1.10 bits per heavy atom. The van der Waals surface area contributed by atoms with Gasteiger partial charge in [0.2, 0.25) is 0 Å². The number of alkyl carbamates (subject to hydrolysis) is 1. The second kappa shape index (κ2) is 6.16. The smallest absolute Gasteiger partial charge is 0.408 e. The molecule has 1 aromatic rings. The van der Waals surface area contributed by atoms with Crippen LogP contribution in [0.5, 0.6) is 0 Å². The number of carbonyl (C=O) groups is 2. The number of hydrogen-bond acceptors (Lipinski definition) is 3. The maximum Gasteiger partial charge on any atom is 0.408 e. The SMILES string of the molecule is CC(C)(C)OC(=O)NC(C)(C)C(C(=O)O)c1ccccc1. The summed E-state index contributed by atoms with van der Waals surface area (Å²) in [4.78, 5) is 23.5. The van der Waals surface area contributed by atoms with E-state index in [2.05, 4.69) is 5.32 Å². The number of nitrogens with one attached hydrogen (secondary N) is 1. The second-order valence-electron chi connectivity index (χ2n) is 6.53. The van der Waals surface area contributed by atoms with Crippen LogP contribution in [0.2, 0.25) is 0 Å². The number of ether oxygens (including phenoxy) is 1. The minimum atomic E-state index is -0.998. The third kappa shape index (κ3) is 5.10. The Morgan fingerprint density at radius 2 is 1.62 bits per heavy atom. The molecule has 1 atom stereocenters. The highest BCUT2D eigenvalue weighted by molar-refractivity contribution is 5.79. The van der Waals surface area contributed by atoms with Crippen molar-refractivity contribution in [2.75, 3.05) is 0 Å². The molecule has 1 unspecified atom stereocenters. The minimum Gasteiger partial charge on any atom is -0.481 e. The normalized spacial score (nSPS) is 13.4. The Labute approximate surface area is 125 Å². The lowest BCUT2D eigenvalue weighted by Crippen LogP contribution is -2.51. The zero-order chi connectivity index (χ0) is 16.3. The molecular formula is C16H23NO4. The van der Waals surface area contributed by atoms with Crippen LogP contribution in [0.15, 0.2) is 30.3 Å². The van der Waals surface area contributed by atoms with E-state index in [1.54, 1.807) is 58.9 Å². The first-order chi connectivity index (χ1) is 9.53. The van der Waals surface area contributed by atoms with Crippen molar-refractivity contribution in [2.24, 2.45) is 0 Å². The first-order valence-electron chi connectivity index (χ1n) is 6.82. The first kappa shape index (κ1) is 17.0. The molecule has 2 N–H and O–H groups in total. The van der Waals surface area contributed by atoms with Crippen molar-refractivity contribution in [3.8, 4) is 0 Å². The molecule has 1 aromatic carbocycles. The maximum atomic E-state index is 11.9. The molecule has 0 aliphatic rings. The highest BCUT2D eigenvalue weighted by atomic mass is 16.6. The Morgan fingerprint density at radius 3 is 2.05 bits per heavy atom. The molecule has 0 saturated heterocycles. The maximum absolute atomic E-state index is 11.9. The van der Waals surface area contributed by atoms with Crippen LogP contribution in [0.25, 0.3) is 0 Å². The molecule has 0 spiro atoms. The Balaban J connectivity index is 2.96. The minimum absolute atomic E-state index is 0.630. The lowest BCUT2D eigenvalue weighted by atomic mass is 9.82. The van der Waals surface area contributed by atoms with Gasteiger partial charge < -0.3 is 15.2 Å². The fraction of sp³-hybridized carbons (Fsp3) is 0.500. The summed E-state index contributed by atoms with van der Waals surface area (Å²) < 4.78 is 5.20. The van der Waals surface area contributed by atoms with Gasteiger partial charge in [-0.3, -0.25) is 4.79 Å². The third-order valence-electron chi connectivity index (χ3n) is 2.92. The molecule has 5 heteroatoms. The predicted octanol–water partition coefficient (Wildman–Crippen LogP) is 3.16. The number of amides is 1. The predicted molar refractivity (Wildman–Crippen MR) is 80.3 cm³/mol. The Hall–Kier alpha value is -2.04. The lowest BCUT2D eigenvalue weighted by Gasteiger charge is -2.33. The molecule has 0 aliphatic carbocycles. The van der Waals surface area contributed by atoms with Crippen LogP contribution < -0.4 is 5.32 Å². The second-order valence-corrected chi connectivity index (χ2v) is 6.53. The molecule has 1 rings (SSSR count). The van der Waals surface area contributed by atoms with Crippen molar-refractivity contribution in [3.05, 3.63) is 35.9 Å². The number of hydrogen-bond donors (Lipinski definition) is 2. The number of carboxylic acid groups (broad SMARTS) is 1. The standard InChI is InChI=1S/C16H23NO4/c1-15(2,3)21-14(20)17-16(4,5)12(13(18)19)11-9-7-6-8-10-11/h6-10,12H,1-5H3,(H,17,20)(H,18,19). The van der Waals surface area contributed by atoms with E-state index in [9.17, 15) is 14.7 Å². The average molecular weight is 293 g/mol. The fourth-order valence-electron chi connectivity index (χ4n) is 2.15. The quantitative estimate of drug-likeness (QED) is 0.894. The van der Waals surface area contributed by atoms with Crippen molar-refractivity contribution in [2.45, 2.75) is 51.7 Å². The summed E-state index contributed by atoms with van der Waals surface area (Å²) in [5.74, 6) is -1.87. The van der Waals surface area contributed by atoms with E-state index in [4.69, 9.17) is 4.74 Å². The van der Waals surface area contributed by atoms with Crippen molar-refractivity contribution in [1.29, 1.82) is 0 Å². The van der Waals surface area contributed by atoms with Crippen molar-refractivity contribution in [1.82, 2.24) is 5.32 Å². The third-order valence-corrected chi connectivity index (χ3v) is 2.92. The molecule has 0 aliphatic heterocycles. The Kier molecular flexibility index (Phi) is 4.99. The average Bonchev–Trinajstić information content (AvgIpc) is 2.25. The van der Waals surface area contributed by atoms with E-state index in [0.29, 0.717) is 5.56 Å². The van der Waals surface area contributed by atoms with Gasteiger partial charge >= 0.3 is 12.1 Å². The summed E-state index contributed by atoms with van der Waals surface area (Å²) in [6, 6.07) is 8.83. The van der Waals surface area contributed by atoms with E-state index >= 15 is 0 Å². The van der Waals surface area contributed by atoms with Crippen LogP contribution in [-0.2, 0) is 9.53 Å². The van der Waals surface area contributed by atoms with Gasteiger partial charge in [0.1, 0.15) is 11.5 Å². The van der Waals surface area contributed by atoms with Gasteiger partial charge in [-0.25, -0.2) is 4.79 Å². The van der Waals surface area contributed by atoms with E-state index in [-0.39, 0.29) is 0 Å². The number of benzene rings is 1. The highest BCUT2D eigenvalue weighted by Crippen LogP contribution is 2.28. The van der Waals surface area contributed by atoms with Crippen molar-refractivity contribution < 1.29 is 19.4 Å². The van der Waals surface area contributed by atoms with E-state index in [1.165, 1.54) is 0 Å². The van der Waals surface area contributed by atoms with Gasteiger partial charge in [-0.2, -0.15) is 0 Å². The molecule has 21 heavy (non-hydrogen) atoms. The number of rotatable bonds is 4. The largest absolute Gasteiger partial charge is 0.481 e. The number of carboxylic acids is 1. The van der Waals surface area contributed by atoms with Crippen molar-refractivity contribution >= 4 is 12.1 Å². The lowest BCUT2D eigenvalue weighted by molar-refractivity contribution is -0.140. The Bertz CT molecular complexity index is 503. The molecule has 116 valence electrons. The fourth-order valence-corrected chi connectivity index (χ4v) is 2.15.